The van der Waals surface area contributed by atoms with E-state index in [0.29, 0.717) is 18.8 Å². The summed E-state index contributed by atoms with van der Waals surface area (Å²) in [7, 11) is 1.57. The van der Waals surface area contributed by atoms with E-state index < -0.39 is 5.60 Å². The Balaban J connectivity index is 1.36. The number of carbonyl (C=O) groups excluding carboxylic acids is 1. The van der Waals surface area contributed by atoms with Crippen LogP contribution in [0.3, 0.4) is 0 Å². The number of fused-ring (bicyclic) bond motifs is 3. The van der Waals surface area contributed by atoms with Gasteiger partial charge in [-0.1, -0.05) is 12.1 Å². The number of carbonyl (C=O) groups is 1. The Morgan fingerprint density at radius 1 is 1.05 bits per heavy atom. The molecule has 0 bridgehead atoms. The lowest BCUT2D eigenvalue weighted by Gasteiger charge is -2.31. The molecule has 10 heteroatoms. The maximum absolute atomic E-state index is 14.3. The van der Waals surface area contributed by atoms with Gasteiger partial charge in [-0.15, -0.1) is 22.7 Å². The molecule has 1 amide bonds. The van der Waals surface area contributed by atoms with E-state index >= 15 is 0 Å². The number of thiazole rings is 1. The normalized spacial score (nSPS) is 14.8. The Bertz CT molecular complexity index is 1890. The SMILES string of the molecule is COc1cc(F)ccc1-c1c(-c2nc3c(s2)CNCC3)nc(-c2ccc3c(c2)CCN(C(=O)OC(C)(C)C)C3)c2ccsc12. The average molecular weight is 629 g/mol. The highest BCUT2D eigenvalue weighted by Crippen LogP contribution is 2.47. The molecule has 0 saturated carbocycles. The van der Waals surface area contributed by atoms with Crippen molar-refractivity contribution in [3.8, 4) is 38.8 Å². The van der Waals surface area contributed by atoms with Gasteiger partial charge in [0.05, 0.1) is 18.5 Å². The maximum atomic E-state index is 14.3. The van der Waals surface area contributed by atoms with Crippen molar-refractivity contribution in [2.24, 2.45) is 0 Å². The zero-order valence-electron chi connectivity index (χ0n) is 25.1. The van der Waals surface area contributed by atoms with Crippen LogP contribution in [-0.2, 0) is 30.7 Å². The lowest BCUT2D eigenvalue weighted by Crippen LogP contribution is -2.39. The molecule has 2 aliphatic rings. The van der Waals surface area contributed by atoms with Crippen LogP contribution < -0.4 is 10.1 Å². The fourth-order valence-corrected chi connectivity index (χ4v) is 7.96. The van der Waals surface area contributed by atoms with Crippen LogP contribution in [0.2, 0.25) is 0 Å². The number of hydrogen-bond donors (Lipinski definition) is 1. The first-order valence-corrected chi connectivity index (χ1v) is 16.4. The first-order chi connectivity index (χ1) is 21.2. The molecular weight excluding hydrogens is 596 g/mol. The number of amides is 1. The lowest BCUT2D eigenvalue weighted by atomic mass is 9.94. The zero-order chi connectivity index (χ0) is 30.6. The summed E-state index contributed by atoms with van der Waals surface area (Å²) in [5.74, 6) is 0.107. The minimum atomic E-state index is -0.534. The second-order valence-corrected chi connectivity index (χ2v) is 14.1. The first kappa shape index (κ1) is 28.9. The molecule has 3 aromatic heterocycles. The number of methoxy groups -OCH3 is 1. The van der Waals surface area contributed by atoms with Gasteiger partial charge in [-0.3, -0.25) is 0 Å². The molecule has 0 saturated heterocycles. The summed E-state index contributed by atoms with van der Waals surface area (Å²) in [4.78, 5) is 26.2. The molecule has 5 aromatic rings. The first-order valence-electron chi connectivity index (χ1n) is 14.7. The molecule has 226 valence electrons. The van der Waals surface area contributed by atoms with Gasteiger partial charge in [-0.05, 0) is 68.0 Å². The van der Waals surface area contributed by atoms with Gasteiger partial charge in [-0.25, -0.2) is 19.2 Å². The molecule has 0 fully saturated rings. The van der Waals surface area contributed by atoms with Crippen molar-refractivity contribution in [1.82, 2.24) is 20.2 Å². The van der Waals surface area contributed by atoms with Gasteiger partial charge in [0.2, 0.25) is 0 Å². The van der Waals surface area contributed by atoms with Crippen molar-refractivity contribution >= 4 is 38.9 Å². The molecular formula is C34H33FN4O3S2. The molecule has 1 N–H and O–H groups in total. The van der Waals surface area contributed by atoms with Gasteiger partial charge in [-0.2, -0.15) is 0 Å². The molecule has 2 aliphatic heterocycles. The molecule has 5 heterocycles. The van der Waals surface area contributed by atoms with Crippen molar-refractivity contribution in [1.29, 1.82) is 0 Å². The quantitative estimate of drug-likeness (QED) is 0.219. The van der Waals surface area contributed by atoms with Crippen molar-refractivity contribution in [2.75, 3.05) is 20.2 Å². The van der Waals surface area contributed by atoms with E-state index in [9.17, 15) is 9.18 Å². The van der Waals surface area contributed by atoms with Crippen LogP contribution in [0, 0.1) is 5.82 Å². The maximum Gasteiger partial charge on any atom is 0.410 e. The van der Waals surface area contributed by atoms with Crippen LogP contribution in [0.4, 0.5) is 9.18 Å². The number of nitrogens with one attached hydrogen (secondary N) is 1. The summed E-state index contributed by atoms with van der Waals surface area (Å²) in [5.41, 5.74) is 7.24. The van der Waals surface area contributed by atoms with Crippen molar-refractivity contribution in [3.05, 3.63) is 75.4 Å². The van der Waals surface area contributed by atoms with Crippen molar-refractivity contribution in [3.63, 3.8) is 0 Å². The highest BCUT2D eigenvalue weighted by Gasteiger charge is 2.28. The average Bonchev–Trinajstić information content (AvgIpc) is 3.67. The summed E-state index contributed by atoms with van der Waals surface area (Å²) in [5, 5.41) is 7.40. The highest BCUT2D eigenvalue weighted by molar-refractivity contribution is 7.18. The van der Waals surface area contributed by atoms with E-state index in [4.69, 9.17) is 19.4 Å². The largest absolute Gasteiger partial charge is 0.496 e. The number of aromatic nitrogens is 2. The minimum Gasteiger partial charge on any atom is -0.496 e. The highest BCUT2D eigenvalue weighted by atomic mass is 32.1. The van der Waals surface area contributed by atoms with Crippen molar-refractivity contribution < 1.29 is 18.7 Å². The number of thiophene rings is 1. The molecule has 0 aliphatic carbocycles. The molecule has 0 spiro atoms. The molecule has 44 heavy (non-hydrogen) atoms. The molecule has 7 nitrogen and oxygen atoms in total. The Labute approximate surface area is 263 Å². The smallest absolute Gasteiger partial charge is 0.410 e. The summed E-state index contributed by atoms with van der Waals surface area (Å²) in [6.45, 7) is 8.46. The van der Waals surface area contributed by atoms with Gasteiger partial charge in [0.15, 0.2) is 0 Å². The number of nitrogens with zero attached hydrogens (tertiary/aromatic N) is 3. The van der Waals surface area contributed by atoms with E-state index in [1.54, 1.807) is 40.7 Å². The fourth-order valence-electron chi connectivity index (χ4n) is 5.93. The van der Waals surface area contributed by atoms with Crippen LogP contribution >= 0.6 is 22.7 Å². The molecule has 0 radical (unpaired) electrons. The minimum absolute atomic E-state index is 0.285. The van der Waals surface area contributed by atoms with Gasteiger partial charge in [0.25, 0.3) is 0 Å². The van der Waals surface area contributed by atoms with Crippen LogP contribution in [0.15, 0.2) is 47.8 Å². The Kier molecular flexibility index (Phi) is 7.39. The van der Waals surface area contributed by atoms with E-state index in [-0.39, 0.29) is 11.9 Å². The summed E-state index contributed by atoms with van der Waals surface area (Å²) < 4.78 is 26.7. The van der Waals surface area contributed by atoms with Gasteiger partial charge in [0, 0.05) is 70.3 Å². The second-order valence-electron chi connectivity index (χ2n) is 12.1. The standard InChI is InChI=1S/C34H33FN4O3S2/c1-34(2,3)42-33(40)39-13-10-19-15-20(5-6-21(19)18-39)29-24-11-14-43-31(24)28(23-8-7-22(35)16-26(23)41-4)30(38-29)32-37-25-9-12-36-17-27(25)44-32/h5-8,11,14-16,36H,9-10,12-13,17-18H2,1-4H3. The molecule has 0 unspecified atom stereocenters. The van der Waals surface area contributed by atoms with Crippen LogP contribution in [0.5, 0.6) is 5.75 Å². The topological polar surface area (TPSA) is 76.6 Å². The molecule has 7 rings (SSSR count). The van der Waals surface area contributed by atoms with Crippen LogP contribution in [0.1, 0.15) is 42.5 Å². The zero-order valence-corrected chi connectivity index (χ0v) is 26.8. The van der Waals surface area contributed by atoms with Gasteiger partial charge < -0.3 is 19.7 Å². The number of halogens is 1. The van der Waals surface area contributed by atoms with Gasteiger partial charge >= 0.3 is 6.09 Å². The molecule has 2 aromatic carbocycles. The number of benzene rings is 2. The van der Waals surface area contributed by atoms with Crippen LogP contribution in [-0.4, -0.2) is 46.8 Å². The lowest BCUT2D eigenvalue weighted by molar-refractivity contribution is 0.0224. The Morgan fingerprint density at radius 2 is 1.91 bits per heavy atom. The third-order valence-corrected chi connectivity index (χ3v) is 10.0. The fraction of sp³-hybridized carbons (Fsp3) is 0.324. The van der Waals surface area contributed by atoms with E-state index in [1.807, 2.05) is 20.8 Å². The Hall–Kier alpha value is -3.86. The second kappa shape index (κ2) is 11.3. The van der Waals surface area contributed by atoms with Crippen molar-refractivity contribution in [2.45, 2.75) is 52.3 Å². The van der Waals surface area contributed by atoms with E-state index in [1.165, 1.54) is 22.6 Å². The number of pyridine rings is 1. The predicted molar refractivity (Wildman–Crippen MR) is 174 cm³/mol. The third kappa shape index (κ3) is 5.35. The van der Waals surface area contributed by atoms with E-state index in [2.05, 4.69) is 35.0 Å². The monoisotopic (exact) mass is 628 g/mol. The molecule has 0 atom stereocenters. The Morgan fingerprint density at radius 3 is 2.70 bits per heavy atom. The number of rotatable bonds is 4. The summed E-state index contributed by atoms with van der Waals surface area (Å²) in [6.07, 6.45) is 1.33. The number of hydrogen-bond acceptors (Lipinski definition) is 8. The van der Waals surface area contributed by atoms with Crippen LogP contribution in [0.25, 0.3) is 43.2 Å². The number of ether oxygens (including phenoxy) is 2. The third-order valence-electron chi connectivity index (χ3n) is 7.99. The van der Waals surface area contributed by atoms with Gasteiger partial charge in [0.1, 0.15) is 27.9 Å². The predicted octanol–water partition coefficient (Wildman–Crippen LogP) is 7.84. The van der Waals surface area contributed by atoms with E-state index in [0.717, 1.165) is 80.4 Å². The summed E-state index contributed by atoms with van der Waals surface area (Å²) in [6, 6.07) is 13.2. The summed E-state index contributed by atoms with van der Waals surface area (Å²) >= 11 is 3.30.